The zero-order valence-corrected chi connectivity index (χ0v) is 7.38. The van der Waals surface area contributed by atoms with E-state index in [-0.39, 0.29) is 0 Å². The molecule has 0 saturated heterocycles. The topological polar surface area (TPSA) is 32.6 Å². The molecular weight excluding hydrogens is 138 g/mol. The Kier molecular flexibility index (Phi) is 6.79. The van der Waals surface area contributed by atoms with E-state index in [1.54, 1.807) is 0 Å². The van der Waals surface area contributed by atoms with Crippen LogP contribution in [0.1, 0.15) is 39.5 Å². The molecule has 0 radical (unpaired) electrons. The van der Waals surface area contributed by atoms with Crippen molar-refractivity contribution in [2.24, 2.45) is 5.16 Å². The summed E-state index contributed by atoms with van der Waals surface area (Å²) in [4.78, 5) is 0. The van der Waals surface area contributed by atoms with Gasteiger partial charge in [0.2, 0.25) is 0 Å². The molecule has 0 aromatic rings. The number of hydrogen-bond acceptors (Lipinski definition) is 2. The first-order valence-electron chi connectivity index (χ1n) is 4.12. The van der Waals surface area contributed by atoms with Gasteiger partial charge < -0.3 is 5.21 Å². The van der Waals surface area contributed by atoms with Crippen molar-refractivity contribution in [2.75, 3.05) is 0 Å². The molecule has 0 aromatic carbocycles. The molecule has 11 heavy (non-hydrogen) atoms. The first-order chi connectivity index (χ1) is 5.31. The van der Waals surface area contributed by atoms with Gasteiger partial charge in [0.25, 0.3) is 0 Å². The van der Waals surface area contributed by atoms with Crippen LogP contribution in [0.4, 0.5) is 0 Å². The summed E-state index contributed by atoms with van der Waals surface area (Å²) in [7, 11) is 0. The Hall–Kier alpha value is -0.790. The molecule has 1 N–H and O–H groups in total. The lowest BCUT2D eigenvalue weighted by Crippen LogP contribution is -1.78. The number of unbranched alkanes of at least 4 members (excludes halogenated alkanes) is 1. The lowest BCUT2D eigenvalue weighted by Gasteiger charge is -1.96. The fraction of sp³-hybridized carbons (Fsp3) is 0.667. The van der Waals surface area contributed by atoms with Crippen LogP contribution in [0.3, 0.4) is 0 Å². The van der Waals surface area contributed by atoms with Crippen LogP contribution < -0.4 is 0 Å². The van der Waals surface area contributed by atoms with Crippen LogP contribution in [-0.4, -0.2) is 11.4 Å². The Morgan fingerprint density at radius 1 is 1.55 bits per heavy atom. The fourth-order valence-electron chi connectivity index (χ4n) is 0.859. The summed E-state index contributed by atoms with van der Waals surface area (Å²) in [6.45, 7) is 4.29. The Bertz CT molecular complexity index is 138. The third-order valence-electron chi connectivity index (χ3n) is 1.58. The van der Waals surface area contributed by atoms with Gasteiger partial charge in [-0.05, 0) is 19.8 Å². The summed E-state index contributed by atoms with van der Waals surface area (Å²) in [5, 5.41) is 11.0. The van der Waals surface area contributed by atoms with Crippen molar-refractivity contribution in [3.63, 3.8) is 0 Å². The molecule has 0 spiro atoms. The highest BCUT2D eigenvalue weighted by atomic mass is 16.4. The van der Waals surface area contributed by atoms with E-state index in [9.17, 15) is 0 Å². The van der Waals surface area contributed by atoms with Crippen LogP contribution in [0.15, 0.2) is 16.8 Å². The van der Waals surface area contributed by atoms with Crippen molar-refractivity contribution in [3.8, 4) is 0 Å². The second-order valence-electron chi connectivity index (χ2n) is 2.69. The summed E-state index contributed by atoms with van der Waals surface area (Å²) in [6, 6.07) is 0. The Morgan fingerprint density at radius 3 is 2.82 bits per heavy atom. The molecule has 0 saturated carbocycles. The summed E-state index contributed by atoms with van der Waals surface area (Å²) in [5.74, 6) is 0. The maximum absolute atomic E-state index is 8.10. The predicted octanol–water partition coefficient (Wildman–Crippen LogP) is 2.97. The number of rotatable bonds is 5. The highest BCUT2D eigenvalue weighted by Crippen LogP contribution is 2.05. The van der Waals surface area contributed by atoms with E-state index < -0.39 is 0 Å². The standard InChI is InChI=1S/C9H17NO/c1-3-4-6-9(2)7-5-8-10-11/h7-8,11H,3-6H2,1-2H3. The summed E-state index contributed by atoms with van der Waals surface area (Å²) in [6.07, 6.45) is 7.98. The predicted molar refractivity (Wildman–Crippen MR) is 48.2 cm³/mol. The Balaban J connectivity index is 3.45. The van der Waals surface area contributed by atoms with Crippen molar-refractivity contribution in [1.29, 1.82) is 0 Å². The Morgan fingerprint density at radius 2 is 2.27 bits per heavy atom. The van der Waals surface area contributed by atoms with E-state index in [4.69, 9.17) is 5.21 Å². The smallest absolute Gasteiger partial charge is 0.0473 e. The number of allylic oxidation sites excluding steroid dienone is 2. The Labute approximate surface area is 68.6 Å². The molecule has 2 nitrogen and oxygen atoms in total. The quantitative estimate of drug-likeness (QED) is 0.281. The third-order valence-corrected chi connectivity index (χ3v) is 1.58. The van der Waals surface area contributed by atoms with E-state index >= 15 is 0 Å². The molecule has 0 fully saturated rings. The summed E-state index contributed by atoms with van der Waals surface area (Å²) in [5.41, 5.74) is 1.38. The van der Waals surface area contributed by atoms with Crippen molar-refractivity contribution in [3.05, 3.63) is 11.6 Å². The van der Waals surface area contributed by atoms with Gasteiger partial charge in [-0.15, -0.1) is 5.16 Å². The molecule has 0 aliphatic rings. The van der Waals surface area contributed by atoms with Crippen LogP contribution in [0.5, 0.6) is 0 Å². The highest BCUT2D eigenvalue weighted by Gasteiger charge is 1.86. The molecule has 0 atom stereocenters. The minimum absolute atomic E-state index is 0.742. The van der Waals surface area contributed by atoms with Crippen LogP contribution in [-0.2, 0) is 0 Å². The van der Waals surface area contributed by atoms with Gasteiger partial charge in [-0.3, -0.25) is 0 Å². The second-order valence-corrected chi connectivity index (χ2v) is 2.69. The van der Waals surface area contributed by atoms with Gasteiger partial charge in [0.1, 0.15) is 0 Å². The largest absolute Gasteiger partial charge is 0.411 e. The number of hydrogen-bond donors (Lipinski definition) is 1. The zero-order chi connectivity index (χ0) is 8.53. The van der Waals surface area contributed by atoms with Gasteiger partial charge in [-0.1, -0.05) is 25.0 Å². The molecule has 0 rings (SSSR count). The third kappa shape index (κ3) is 7.10. The van der Waals surface area contributed by atoms with Crippen molar-refractivity contribution in [1.82, 2.24) is 0 Å². The molecule has 0 aliphatic heterocycles. The lowest BCUT2D eigenvalue weighted by molar-refractivity contribution is 0.321. The molecule has 0 bridgehead atoms. The molecule has 0 aromatic heterocycles. The van der Waals surface area contributed by atoms with Crippen molar-refractivity contribution < 1.29 is 5.21 Å². The number of oxime groups is 1. The van der Waals surface area contributed by atoms with Gasteiger partial charge >= 0.3 is 0 Å². The highest BCUT2D eigenvalue weighted by molar-refractivity contribution is 5.58. The maximum atomic E-state index is 8.10. The van der Waals surface area contributed by atoms with E-state index in [2.05, 4.69) is 25.1 Å². The van der Waals surface area contributed by atoms with Gasteiger partial charge in [0.15, 0.2) is 0 Å². The van der Waals surface area contributed by atoms with E-state index in [0.29, 0.717) is 0 Å². The van der Waals surface area contributed by atoms with E-state index in [1.165, 1.54) is 24.6 Å². The summed E-state index contributed by atoms with van der Waals surface area (Å²) < 4.78 is 0. The molecular formula is C9H17NO. The molecule has 0 unspecified atom stereocenters. The van der Waals surface area contributed by atoms with Crippen LogP contribution in [0.25, 0.3) is 0 Å². The molecule has 2 heteroatoms. The van der Waals surface area contributed by atoms with Gasteiger partial charge in [0, 0.05) is 12.6 Å². The average Bonchev–Trinajstić information content (AvgIpc) is 2.01. The van der Waals surface area contributed by atoms with Gasteiger partial charge in [-0.25, -0.2) is 0 Å². The van der Waals surface area contributed by atoms with Crippen LogP contribution >= 0.6 is 0 Å². The fourth-order valence-corrected chi connectivity index (χ4v) is 0.859. The first-order valence-corrected chi connectivity index (χ1v) is 4.12. The van der Waals surface area contributed by atoms with E-state index in [1.807, 2.05) is 0 Å². The van der Waals surface area contributed by atoms with E-state index in [0.717, 1.165) is 12.8 Å². The first kappa shape index (κ1) is 10.2. The van der Waals surface area contributed by atoms with Crippen molar-refractivity contribution >= 4 is 6.21 Å². The monoisotopic (exact) mass is 155 g/mol. The molecule has 0 heterocycles. The average molecular weight is 155 g/mol. The second kappa shape index (κ2) is 7.32. The normalized spacial score (nSPS) is 12.7. The number of nitrogens with zero attached hydrogens (tertiary/aromatic N) is 1. The maximum Gasteiger partial charge on any atom is 0.0473 e. The van der Waals surface area contributed by atoms with Crippen LogP contribution in [0, 0.1) is 0 Å². The van der Waals surface area contributed by atoms with Gasteiger partial charge in [-0.2, -0.15) is 0 Å². The van der Waals surface area contributed by atoms with Crippen LogP contribution in [0.2, 0.25) is 0 Å². The molecule has 0 aliphatic carbocycles. The molecule has 64 valence electrons. The SMILES string of the molecule is CCCCC(C)=CCC=NO. The van der Waals surface area contributed by atoms with Crippen molar-refractivity contribution in [2.45, 2.75) is 39.5 Å². The minimum Gasteiger partial charge on any atom is -0.411 e. The summed E-state index contributed by atoms with van der Waals surface area (Å²) >= 11 is 0. The van der Waals surface area contributed by atoms with Gasteiger partial charge in [0.05, 0.1) is 0 Å². The lowest BCUT2D eigenvalue weighted by atomic mass is 10.1. The minimum atomic E-state index is 0.742. The zero-order valence-electron chi connectivity index (χ0n) is 7.38. The molecule has 0 amide bonds.